The van der Waals surface area contributed by atoms with Crippen molar-refractivity contribution < 1.29 is 13.2 Å². The van der Waals surface area contributed by atoms with E-state index in [1.165, 1.54) is 12.1 Å². The number of nitrogens with zero attached hydrogens (tertiary/aromatic N) is 2. The SMILES string of the molecule is Nc1nc(Nc2ccc(C(F)(F)F)cc2)cc(-c2cc(Cl)ccc2Cl)n1. The number of aromatic nitrogens is 2. The van der Waals surface area contributed by atoms with Gasteiger partial charge >= 0.3 is 6.18 Å². The van der Waals surface area contributed by atoms with Crippen molar-refractivity contribution in [3.05, 3.63) is 64.1 Å². The van der Waals surface area contributed by atoms with Gasteiger partial charge in [0.15, 0.2) is 0 Å². The summed E-state index contributed by atoms with van der Waals surface area (Å²) < 4.78 is 37.9. The first-order chi connectivity index (χ1) is 12.2. The number of anilines is 3. The Labute approximate surface area is 156 Å². The fraction of sp³-hybridized carbons (Fsp3) is 0.0588. The van der Waals surface area contributed by atoms with E-state index in [9.17, 15) is 13.2 Å². The largest absolute Gasteiger partial charge is 0.416 e. The normalized spacial score (nSPS) is 11.4. The summed E-state index contributed by atoms with van der Waals surface area (Å²) in [4.78, 5) is 8.16. The predicted molar refractivity (Wildman–Crippen MR) is 96.6 cm³/mol. The molecule has 0 fully saturated rings. The van der Waals surface area contributed by atoms with Gasteiger partial charge in [0, 0.05) is 22.3 Å². The van der Waals surface area contributed by atoms with Gasteiger partial charge in [0.1, 0.15) is 5.82 Å². The highest BCUT2D eigenvalue weighted by atomic mass is 35.5. The van der Waals surface area contributed by atoms with E-state index in [-0.39, 0.29) is 5.95 Å². The van der Waals surface area contributed by atoms with E-state index >= 15 is 0 Å². The number of nitrogens with two attached hydrogens (primary N) is 1. The molecule has 0 aliphatic heterocycles. The molecule has 9 heteroatoms. The van der Waals surface area contributed by atoms with Crippen LogP contribution in [0.2, 0.25) is 10.0 Å². The Bertz CT molecular complexity index is 944. The molecule has 0 radical (unpaired) electrons. The maximum Gasteiger partial charge on any atom is 0.416 e. The third-order valence-electron chi connectivity index (χ3n) is 3.43. The zero-order chi connectivity index (χ0) is 18.9. The minimum Gasteiger partial charge on any atom is -0.368 e. The van der Waals surface area contributed by atoms with Gasteiger partial charge in [-0.3, -0.25) is 0 Å². The highest BCUT2D eigenvalue weighted by Gasteiger charge is 2.29. The number of nitrogens with one attached hydrogen (secondary N) is 1. The van der Waals surface area contributed by atoms with Gasteiger partial charge < -0.3 is 11.1 Å². The van der Waals surface area contributed by atoms with Crippen molar-refractivity contribution in [1.29, 1.82) is 0 Å². The third-order valence-corrected chi connectivity index (χ3v) is 4.00. The van der Waals surface area contributed by atoms with Crippen molar-refractivity contribution in [3.8, 4) is 11.3 Å². The molecule has 0 aliphatic carbocycles. The molecule has 26 heavy (non-hydrogen) atoms. The predicted octanol–water partition coefficient (Wildman–Crippen LogP) is 5.80. The Hall–Kier alpha value is -2.51. The molecule has 3 aromatic rings. The lowest BCUT2D eigenvalue weighted by molar-refractivity contribution is -0.137. The molecule has 0 spiro atoms. The van der Waals surface area contributed by atoms with Crippen molar-refractivity contribution in [1.82, 2.24) is 9.97 Å². The maximum absolute atomic E-state index is 12.6. The molecule has 1 heterocycles. The summed E-state index contributed by atoms with van der Waals surface area (Å²) in [6.07, 6.45) is -4.39. The van der Waals surface area contributed by atoms with E-state index in [4.69, 9.17) is 28.9 Å². The zero-order valence-electron chi connectivity index (χ0n) is 13.0. The van der Waals surface area contributed by atoms with Crippen molar-refractivity contribution in [3.63, 3.8) is 0 Å². The van der Waals surface area contributed by atoms with Crippen LogP contribution in [0.4, 0.5) is 30.6 Å². The molecule has 3 N–H and O–H groups in total. The van der Waals surface area contributed by atoms with Crippen molar-refractivity contribution in [2.75, 3.05) is 11.1 Å². The first kappa shape index (κ1) is 18.3. The minimum absolute atomic E-state index is 0.0204. The van der Waals surface area contributed by atoms with Gasteiger partial charge in [-0.2, -0.15) is 18.2 Å². The molecule has 0 bridgehead atoms. The summed E-state index contributed by atoms with van der Waals surface area (Å²) in [7, 11) is 0. The summed E-state index contributed by atoms with van der Waals surface area (Å²) in [5.41, 5.74) is 6.40. The minimum atomic E-state index is -4.39. The smallest absolute Gasteiger partial charge is 0.368 e. The molecule has 0 saturated carbocycles. The van der Waals surface area contributed by atoms with Gasteiger partial charge in [0.25, 0.3) is 0 Å². The number of nitrogen functional groups attached to an aromatic ring is 1. The van der Waals surface area contributed by atoms with Crippen LogP contribution in [-0.4, -0.2) is 9.97 Å². The molecule has 0 saturated heterocycles. The standard InChI is InChI=1S/C17H11Cl2F3N4/c18-10-3-6-13(19)12(7-10)14-8-15(26-16(23)25-14)24-11-4-1-9(2-5-11)17(20,21)22/h1-8H,(H3,23,24,25,26). The third kappa shape index (κ3) is 4.17. The molecule has 134 valence electrons. The lowest BCUT2D eigenvalue weighted by atomic mass is 10.1. The Kier molecular flexibility index (Phi) is 4.93. The first-order valence-corrected chi connectivity index (χ1v) is 8.02. The van der Waals surface area contributed by atoms with Gasteiger partial charge in [0.2, 0.25) is 5.95 Å². The van der Waals surface area contributed by atoms with E-state index in [0.717, 1.165) is 12.1 Å². The monoisotopic (exact) mass is 398 g/mol. The van der Waals surface area contributed by atoms with Crippen LogP contribution in [0.3, 0.4) is 0 Å². The van der Waals surface area contributed by atoms with Crippen molar-refractivity contribution in [2.24, 2.45) is 0 Å². The molecule has 0 unspecified atom stereocenters. The average Bonchev–Trinajstić information content (AvgIpc) is 2.56. The second kappa shape index (κ2) is 7.01. The molecule has 4 nitrogen and oxygen atoms in total. The molecule has 0 atom stereocenters. The molecule has 2 aromatic carbocycles. The van der Waals surface area contributed by atoms with Gasteiger partial charge in [0.05, 0.1) is 16.3 Å². The maximum atomic E-state index is 12.6. The Morgan fingerprint density at radius 3 is 2.27 bits per heavy atom. The lowest BCUT2D eigenvalue weighted by Gasteiger charge is -2.11. The van der Waals surface area contributed by atoms with E-state index in [1.807, 2.05) is 0 Å². The number of alkyl halides is 3. The van der Waals surface area contributed by atoms with Gasteiger partial charge in [-0.15, -0.1) is 0 Å². The Balaban J connectivity index is 1.92. The van der Waals surface area contributed by atoms with Crippen LogP contribution in [0.15, 0.2) is 48.5 Å². The molecule has 0 aliphatic rings. The van der Waals surface area contributed by atoms with Crippen LogP contribution in [0.25, 0.3) is 11.3 Å². The molecular formula is C17H11Cl2F3N4. The van der Waals surface area contributed by atoms with Crippen LogP contribution in [0.1, 0.15) is 5.56 Å². The molecular weight excluding hydrogens is 388 g/mol. The number of rotatable bonds is 3. The fourth-order valence-electron chi connectivity index (χ4n) is 2.25. The first-order valence-electron chi connectivity index (χ1n) is 7.26. The van der Waals surface area contributed by atoms with Crippen molar-refractivity contribution >= 4 is 40.7 Å². The highest BCUT2D eigenvalue weighted by Crippen LogP contribution is 2.32. The number of benzene rings is 2. The van der Waals surface area contributed by atoms with Crippen LogP contribution < -0.4 is 11.1 Å². The number of hydrogen-bond acceptors (Lipinski definition) is 4. The van der Waals surface area contributed by atoms with Crippen LogP contribution >= 0.6 is 23.2 Å². The topological polar surface area (TPSA) is 63.8 Å². The van der Waals surface area contributed by atoms with Gasteiger partial charge in [-0.1, -0.05) is 23.2 Å². The molecule has 1 aromatic heterocycles. The van der Waals surface area contributed by atoms with E-state index in [1.54, 1.807) is 24.3 Å². The molecule has 0 amide bonds. The zero-order valence-corrected chi connectivity index (χ0v) is 14.5. The van der Waals surface area contributed by atoms with Crippen LogP contribution in [0.5, 0.6) is 0 Å². The Morgan fingerprint density at radius 2 is 1.62 bits per heavy atom. The second-order valence-corrected chi connectivity index (χ2v) is 6.16. The summed E-state index contributed by atoms with van der Waals surface area (Å²) in [5.74, 6) is 0.288. The van der Waals surface area contributed by atoms with E-state index < -0.39 is 11.7 Å². The fourth-order valence-corrected chi connectivity index (χ4v) is 2.64. The lowest BCUT2D eigenvalue weighted by Crippen LogP contribution is -2.05. The molecule has 3 rings (SSSR count). The van der Waals surface area contributed by atoms with Crippen LogP contribution in [-0.2, 0) is 6.18 Å². The van der Waals surface area contributed by atoms with Crippen molar-refractivity contribution in [2.45, 2.75) is 6.18 Å². The summed E-state index contributed by atoms with van der Waals surface area (Å²) in [6, 6.07) is 11.0. The van der Waals surface area contributed by atoms with Gasteiger partial charge in [-0.05, 0) is 42.5 Å². The Morgan fingerprint density at radius 1 is 0.923 bits per heavy atom. The van der Waals surface area contributed by atoms with Gasteiger partial charge in [-0.25, -0.2) is 4.98 Å². The van der Waals surface area contributed by atoms with E-state index in [2.05, 4.69) is 15.3 Å². The summed E-state index contributed by atoms with van der Waals surface area (Å²) in [6.45, 7) is 0. The number of hydrogen-bond donors (Lipinski definition) is 2. The highest BCUT2D eigenvalue weighted by molar-refractivity contribution is 6.35. The summed E-state index contributed by atoms with van der Waals surface area (Å²) >= 11 is 12.2. The summed E-state index contributed by atoms with van der Waals surface area (Å²) in [5, 5.41) is 3.79. The number of halogens is 5. The quantitative estimate of drug-likeness (QED) is 0.585. The van der Waals surface area contributed by atoms with Crippen LogP contribution in [0, 0.1) is 0 Å². The second-order valence-electron chi connectivity index (χ2n) is 5.32. The van der Waals surface area contributed by atoms with E-state index in [0.29, 0.717) is 32.8 Å². The average molecular weight is 399 g/mol.